The molecule has 2 aliphatic heterocycles. The van der Waals surface area contributed by atoms with Crippen molar-refractivity contribution in [3.8, 4) is 0 Å². The largest absolute Gasteiger partial charge is 0.387 e. The molecule has 0 saturated carbocycles. The number of aryl methyl sites for hydroxylation is 1. The molecule has 2 fully saturated rings. The molecule has 0 aliphatic carbocycles. The molecule has 0 amide bonds. The lowest BCUT2D eigenvalue weighted by Gasteiger charge is -2.33. The number of aliphatic hydroxyl groups is 1. The summed E-state index contributed by atoms with van der Waals surface area (Å²) in [5, 5.41) is 12.3. The third kappa shape index (κ3) is 3.23. The fourth-order valence-corrected chi connectivity index (χ4v) is 4.47. The Bertz CT molecular complexity index is 704. The van der Waals surface area contributed by atoms with Gasteiger partial charge in [-0.25, -0.2) is 0 Å². The predicted octanol–water partition coefficient (Wildman–Crippen LogP) is 2.60. The van der Waals surface area contributed by atoms with E-state index >= 15 is 0 Å². The topological polar surface area (TPSA) is 31.6 Å². The maximum atomic E-state index is 11.0. The molecule has 0 spiro atoms. The van der Waals surface area contributed by atoms with Crippen LogP contribution in [0.3, 0.4) is 0 Å². The number of hydrogen-bond donors (Lipinski definition) is 1. The minimum atomic E-state index is -0.526. The van der Waals surface area contributed by atoms with E-state index in [1.54, 1.807) is 0 Å². The lowest BCUT2D eigenvalue weighted by atomic mass is 10.0. The first-order valence-corrected chi connectivity index (χ1v) is 9.33. The monoisotopic (exact) mass is 327 g/mol. The third-order valence-electron chi connectivity index (χ3n) is 5.81. The quantitative estimate of drug-likeness (QED) is 0.937. The molecule has 130 valence electrons. The highest BCUT2D eigenvalue weighted by atomic mass is 16.3. The molecule has 2 aromatic rings. The summed E-state index contributed by atoms with van der Waals surface area (Å²) < 4.78 is 2.29. The van der Waals surface area contributed by atoms with Crippen LogP contribution in [0.1, 0.15) is 31.4 Å². The summed E-state index contributed by atoms with van der Waals surface area (Å²) in [5.74, 6) is 0. The van der Waals surface area contributed by atoms with Gasteiger partial charge in [0.15, 0.2) is 0 Å². The Balaban J connectivity index is 1.41. The Morgan fingerprint density at radius 1 is 1.04 bits per heavy atom. The van der Waals surface area contributed by atoms with Crippen molar-refractivity contribution < 1.29 is 5.11 Å². The van der Waals surface area contributed by atoms with Crippen molar-refractivity contribution in [1.29, 1.82) is 0 Å². The van der Waals surface area contributed by atoms with Crippen molar-refractivity contribution in [2.75, 3.05) is 32.7 Å². The molecule has 2 saturated heterocycles. The highest BCUT2D eigenvalue weighted by molar-refractivity contribution is 5.81. The number of rotatable bonds is 4. The van der Waals surface area contributed by atoms with Crippen LogP contribution in [0.5, 0.6) is 0 Å². The van der Waals surface area contributed by atoms with Crippen molar-refractivity contribution in [1.82, 2.24) is 14.4 Å². The molecular weight excluding hydrogens is 298 g/mol. The van der Waals surface area contributed by atoms with Crippen LogP contribution in [0.25, 0.3) is 10.9 Å². The van der Waals surface area contributed by atoms with E-state index in [4.69, 9.17) is 0 Å². The Labute approximate surface area is 144 Å². The van der Waals surface area contributed by atoms with Crippen molar-refractivity contribution in [3.05, 3.63) is 36.0 Å². The van der Waals surface area contributed by atoms with E-state index < -0.39 is 5.60 Å². The Hall–Kier alpha value is -1.36. The van der Waals surface area contributed by atoms with Crippen LogP contribution in [-0.4, -0.2) is 57.8 Å². The highest BCUT2D eigenvalue weighted by Crippen LogP contribution is 2.27. The first-order chi connectivity index (χ1) is 11.6. The molecule has 24 heavy (non-hydrogen) atoms. The normalized spacial score (nSPS) is 26.4. The molecule has 1 atom stereocenters. The number of β-amino-alcohol motifs (C(OH)–C–C–N with tert-alkyl or cyclic N) is 1. The van der Waals surface area contributed by atoms with Crippen LogP contribution in [0, 0.1) is 0 Å². The minimum absolute atomic E-state index is 0.526. The summed E-state index contributed by atoms with van der Waals surface area (Å²) in [5.41, 5.74) is 2.09. The zero-order valence-corrected chi connectivity index (χ0v) is 14.7. The lowest BCUT2D eigenvalue weighted by Crippen LogP contribution is -2.46. The highest BCUT2D eigenvalue weighted by Gasteiger charge is 2.37. The molecule has 1 N–H and O–H groups in total. The van der Waals surface area contributed by atoms with Gasteiger partial charge >= 0.3 is 0 Å². The first kappa shape index (κ1) is 16.1. The number of piperidine rings is 1. The summed E-state index contributed by atoms with van der Waals surface area (Å²) in [4.78, 5) is 4.88. The van der Waals surface area contributed by atoms with Gasteiger partial charge in [0.2, 0.25) is 0 Å². The van der Waals surface area contributed by atoms with Gasteiger partial charge in [0.1, 0.15) is 0 Å². The number of nitrogens with zero attached hydrogens (tertiary/aromatic N) is 3. The van der Waals surface area contributed by atoms with Gasteiger partial charge in [-0.1, -0.05) is 24.6 Å². The van der Waals surface area contributed by atoms with Crippen molar-refractivity contribution in [2.24, 2.45) is 7.05 Å². The average Bonchev–Trinajstić information content (AvgIpc) is 3.10. The van der Waals surface area contributed by atoms with E-state index in [2.05, 4.69) is 51.7 Å². The molecule has 0 unspecified atom stereocenters. The number of aromatic nitrogens is 1. The number of likely N-dealkylation sites (tertiary alicyclic amines) is 2. The Morgan fingerprint density at radius 3 is 2.62 bits per heavy atom. The number of para-hydroxylation sites is 1. The van der Waals surface area contributed by atoms with E-state index in [1.807, 2.05) is 0 Å². The molecule has 1 aromatic heterocycles. The van der Waals surface area contributed by atoms with Crippen LogP contribution in [0.15, 0.2) is 30.3 Å². The van der Waals surface area contributed by atoms with E-state index in [0.717, 1.165) is 45.7 Å². The van der Waals surface area contributed by atoms with Crippen LogP contribution < -0.4 is 0 Å². The molecule has 4 rings (SSSR count). The summed E-state index contributed by atoms with van der Waals surface area (Å²) in [6.45, 7) is 5.88. The molecule has 1 aromatic carbocycles. The van der Waals surface area contributed by atoms with Gasteiger partial charge in [-0.3, -0.25) is 4.90 Å². The van der Waals surface area contributed by atoms with Crippen molar-refractivity contribution in [2.45, 2.75) is 37.8 Å². The third-order valence-corrected chi connectivity index (χ3v) is 5.81. The molecule has 4 nitrogen and oxygen atoms in total. The fraction of sp³-hybridized carbons (Fsp3) is 0.600. The fourth-order valence-electron chi connectivity index (χ4n) is 4.47. The zero-order valence-electron chi connectivity index (χ0n) is 14.7. The lowest BCUT2D eigenvalue weighted by molar-refractivity contribution is 0.00623. The van der Waals surface area contributed by atoms with Gasteiger partial charge in [-0.15, -0.1) is 0 Å². The van der Waals surface area contributed by atoms with E-state index in [1.165, 1.54) is 35.9 Å². The van der Waals surface area contributed by atoms with E-state index in [0.29, 0.717) is 0 Å². The van der Waals surface area contributed by atoms with E-state index in [9.17, 15) is 5.11 Å². The van der Waals surface area contributed by atoms with E-state index in [-0.39, 0.29) is 0 Å². The van der Waals surface area contributed by atoms with Crippen LogP contribution >= 0.6 is 0 Å². The number of benzene rings is 1. The van der Waals surface area contributed by atoms with Crippen LogP contribution in [0.4, 0.5) is 0 Å². The molecule has 4 heteroatoms. The second-order valence-electron chi connectivity index (χ2n) is 7.78. The van der Waals surface area contributed by atoms with Crippen LogP contribution in [0.2, 0.25) is 0 Å². The van der Waals surface area contributed by atoms with Gasteiger partial charge in [0.25, 0.3) is 0 Å². The first-order valence-electron chi connectivity index (χ1n) is 9.33. The molecule has 0 bridgehead atoms. The minimum Gasteiger partial charge on any atom is -0.387 e. The summed E-state index contributed by atoms with van der Waals surface area (Å²) >= 11 is 0. The molecule has 0 radical (unpaired) electrons. The average molecular weight is 327 g/mol. The van der Waals surface area contributed by atoms with Gasteiger partial charge in [-0.05, 0) is 49.9 Å². The maximum absolute atomic E-state index is 11.0. The Kier molecular flexibility index (Phi) is 4.37. The van der Waals surface area contributed by atoms with Gasteiger partial charge in [0, 0.05) is 44.4 Å². The number of fused-ring (bicyclic) bond motifs is 1. The van der Waals surface area contributed by atoms with Crippen molar-refractivity contribution in [3.63, 3.8) is 0 Å². The summed E-state index contributed by atoms with van der Waals surface area (Å²) in [7, 11) is 2.15. The SMILES string of the molecule is Cn1c(CN2CC[C@@](O)(CN3CCCCC3)C2)cc2ccccc21. The maximum Gasteiger partial charge on any atom is 0.0912 e. The van der Waals surface area contributed by atoms with Gasteiger partial charge < -0.3 is 14.6 Å². The smallest absolute Gasteiger partial charge is 0.0912 e. The number of hydrogen-bond acceptors (Lipinski definition) is 3. The Morgan fingerprint density at radius 2 is 1.83 bits per heavy atom. The zero-order chi connectivity index (χ0) is 16.6. The predicted molar refractivity (Wildman–Crippen MR) is 98.1 cm³/mol. The van der Waals surface area contributed by atoms with Gasteiger partial charge in [0.05, 0.1) is 5.60 Å². The van der Waals surface area contributed by atoms with Gasteiger partial charge in [-0.2, -0.15) is 0 Å². The standard InChI is InChI=1S/C20H29N3O/c1-21-18(13-17-7-3-4-8-19(17)21)14-23-12-9-20(24,16-23)15-22-10-5-2-6-11-22/h3-4,7-8,13,24H,2,5-6,9-12,14-16H2,1H3/t20-/m1/s1. The summed E-state index contributed by atoms with van der Waals surface area (Å²) in [6, 6.07) is 10.8. The van der Waals surface area contributed by atoms with Crippen LogP contribution in [-0.2, 0) is 13.6 Å². The molecular formula is C20H29N3O. The molecule has 3 heterocycles. The van der Waals surface area contributed by atoms with Crippen molar-refractivity contribution >= 4 is 10.9 Å². The second-order valence-corrected chi connectivity index (χ2v) is 7.78. The molecule has 2 aliphatic rings. The summed E-state index contributed by atoms with van der Waals surface area (Å²) in [6.07, 6.45) is 4.82. The second kappa shape index (κ2) is 6.51.